The van der Waals surface area contributed by atoms with E-state index in [1.54, 1.807) is 16.2 Å². The summed E-state index contributed by atoms with van der Waals surface area (Å²) in [6.07, 6.45) is 15.4. The minimum Gasteiger partial charge on any atom is -0.490 e. The number of aryl methyl sites for hydroxylation is 2. The maximum atomic E-state index is 13.1. The highest BCUT2D eigenvalue weighted by atomic mass is 32.2. The zero-order chi connectivity index (χ0) is 26.3. The van der Waals surface area contributed by atoms with Crippen molar-refractivity contribution >= 4 is 62.7 Å². The summed E-state index contributed by atoms with van der Waals surface area (Å²) in [5.74, 6) is 0.803. The van der Waals surface area contributed by atoms with Crippen molar-refractivity contribution < 1.29 is 14.3 Å². The second-order valence-corrected chi connectivity index (χ2v) is 13.0. The molecule has 38 heavy (non-hydrogen) atoms. The number of anilines is 1. The first-order chi connectivity index (χ1) is 18.6. The zero-order valence-electron chi connectivity index (χ0n) is 21.7. The molecule has 2 fully saturated rings. The van der Waals surface area contributed by atoms with Gasteiger partial charge in [-0.15, -0.1) is 11.3 Å². The third-order valence-corrected chi connectivity index (χ3v) is 9.75. The van der Waals surface area contributed by atoms with E-state index in [2.05, 4.69) is 10.3 Å². The number of hydrogen-bond donors (Lipinski definition) is 1. The van der Waals surface area contributed by atoms with Crippen LogP contribution in [0.2, 0.25) is 0 Å². The average molecular weight is 570 g/mol. The Bertz CT molecular complexity index is 1180. The van der Waals surface area contributed by atoms with Crippen LogP contribution in [0, 0.1) is 0 Å². The van der Waals surface area contributed by atoms with E-state index in [1.165, 1.54) is 48.7 Å². The number of fused-ring (bicyclic) bond motifs is 1. The van der Waals surface area contributed by atoms with Crippen LogP contribution in [0.5, 0.6) is 5.75 Å². The quantitative estimate of drug-likeness (QED) is 0.186. The van der Waals surface area contributed by atoms with Gasteiger partial charge < -0.3 is 10.1 Å². The van der Waals surface area contributed by atoms with E-state index >= 15 is 0 Å². The van der Waals surface area contributed by atoms with Crippen molar-refractivity contribution in [1.82, 2.24) is 9.88 Å². The number of thioether (sulfide) groups is 1. The minimum atomic E-state index is -0.0436. The highest BCUT2D eigenvalue weighted by Gasteiger charge is 2.31. The van der Waals surface area contributed by atoms with Gasteiger partial charge in [-0.3, -0.25) is 14.5 Å². The van der Waals surface area contributed by atoms with Gasteiger partial charge in [0.05, 0.1) is 16.7 Å². The molecule has 5 rings (SSSR count). The van der Waals surface area contributed by atoms with Gasteiger partial charge in [-0.2, -0.15) is 0 Å². The number of amides is 2. The van der Waals surface area contributed by atoms with E-state index in [1.807, 2.05) is 30.3 Å². The number of para-hydroxylation sites is 1. The standard InChI is InChI=1S/C29H35N3O3S3/c33-26(31-28-30-22-14-7-9-16-24(22)37-28)17-5-2-10-18-32-27(34)25(38-29(32)36)19-20-11-6-8-15-23(20)35-21-12-3-1-4-13-21/h6,8,11,15,19,21H,1-5,7,9-10,12-14,16-18H2,(H,30,31,33)/b25-19-. The van der Waals surface area contributed by atoms with Crippen molar-refractivity contribution in [2.75, 3.05) is 11.9 Å². The second-order valence-electron chi connectivity index (χ2n) is 10.2. The van der Waals surface area contributed by atoms with Crippen molar-refractivity contribution in [3.8, 4) is 5.75 Å². The summed E-state index contributed by atoms with van der Waals surface area (Å²) in [7, 11) is 0. The SMILES string of the molecule is O=C(CCCCCN1C(=O)/C(=C/c2ccccc2OC2CCCCC2)SC1=S)Nc1nc2c(s1)CCCC2. The molecule has 6 nitrogen and oxygen atoms in total. The zero-order valence-corrected chi connectivity index (χ0v) is 24.2. The molecular formula is C29H35N3O3S3. The van der Waals surface area contributed by atoms with Gasteiger partial charge >= 0.3 is 0 Å². The Hall–Kier alpha value is -2.23. The van der Waals surface area contributed by atoms with Crippen LogP contribution >= 0.6 is 35.3 Å². The molecule has 2 heterocycles. The van der Waals surface area contributed by atoms with Crippen molar-refractivity contribution in [2.24, 2.45) is 0 Å². The lowest BCUT2D eigenvalue weighted by molar-refractivity contribution is -0.122. The number of carbonyl (C=O) groups is 2. The van der Waals surface area contributed by atoms with Crippen LogP contribution < -0.4 is 10.1 Å². The number of benzene rings is 1. The van der Waals surface area contributed by atoms with Crippen LogP contribution in [0.25, 0.3) is 6.08 Å². The Morgan fingerprint density at radius 1 is 1.11 bits per heavy atom. The maximum absolute atomic E-state index is 13.1. The van der Waals surface area contributed by atoms with Crippen LogP contribution in [0.3, 0.4) is 0 Å². The van der Waals surface area contributed by atoms with Crippen molar-refractivity contribution in [3.63, 3.8) is 0 Å². The molecule has 0 bridgehead atoms. The number of aromatic nitrogens is 1. The number of unbranched alkanes of at least 4 members (excludes halogenated alkanes) is 2. The van der Waals surface area contributed by atoms with Crippen molar-refractivity contribution in [1.29, 1.82) is 0 Å². The first-order valence-corrected chi connectivity index (χ1v) is 15.9. The van der Waals surface area contributed by atoms with Crippen LogP contribution in [-0.2, 0) is 22.4 Å². The third-order valence-electron chi connectivity index (χ3n) is 7.30. The Labute approximate surface area is 238 Å². The van der Waals surface area contributed by atoms with Gasteiger partial charge in [0.1, 0.15) is 10.1 Å². The summed E-state index contributed by atoms with van der Waals surface area (Å²) in [5, 5.41) is 3.70. The van der Waals surface area contributed by atoms with E-state index in [0.29, 0.717) is 22.2 Å². The predicted octanol–water partition coefficient (Wildman–Crippen LogP) is 7.13. The first-order valence-electron chi connectivity index (χ1n) is 13.9. The number of nitrogens with zero attached hydrogens (tertiary/aromatic N) is 2. The summed E-state index contributed by atoms with van der Waals surface area (Å²) in [6, 6.07) is 7.93. The number of hydrogen-bond acceptors (Lipinski definition) is 7. The fourth-order valence-electron chi connectivity index (χ4n) is 5.22. The lowest BCUT2D eigenvalue weighted by atomic mass is 9.97. The van der Waals surface area contributed by atoms with Gasteiger partial charge in [0.2, 0.25) is 5.91 Å². The van der Waals surface area contributed by atoms with Crippen molar-refractivity contribution in [2.45, 2.75) is 89.6 Å². The molecule has 1 saturated carbocycles. The average Bonchev–Trinajstić information content (AvgIpc) is 3.45. The molecule has 0 unspecified atom stereocenters. The molecule has 1 aliphatic heterocycles. The van der Waals surface area contributed by atoms with Gasteiger partial charge in [-0.1, -0.05) is 55.0 Å². The maximum Gasteiger partial charge on any atom is 0.266 e. The van der Waals surface area contributed by atoms with Gasteiger partial charge in [0.15, 0.2) is 5.13 Å². The molecule has 3 aliphatic rings. The Morgan fingerprint density at radius 3 is 2.76 bits per heavy atom. The monoisotopic (exact) mass is 569 g/mol. The van der Waals surface area contributed by atoms with E-state index in [0.717, 1.165) is 67.1 Å². The largest absolute Gasteiger partial charge is 0.490 e. The molecule has 1 aromatic carbocycles. The first kappa shape index (κ1) is 27.3. The molecule has 1 N–H and O–H groups in total. The molecule has 2 amide bonds. The highest BCUT2D eigenvalue weighted by molar-refractivity contribution is 8.26. The molecule has 2 aromatic rings. The molecule has 0 atom stereocenters. The number of ether oxygens (including phenoxy) is 1. The summed E-state index contributed by atoms with van der Waals surface area (Å²) < 4.78 is 6.90. The molecular weight excluding hydrogens is 535 g/mol. The summed E-state index contributed by atoms with van der Waals surface area (Å²) in [5.41, 5.74) is 2.08. The fourth-order valence-corrected chi connectivity index (χ4v) is 7.59. The van der Waals surface area contributed by atoms with Crippen molar-refractivity contribution in [3.05, 3.63) is 45.3 Å². The smallest absolute Gasteiger partial charge is 0.266 e. The molecule has 2 aliphatic carbocycles. The molecule has 1 aromatic heterocycles. The Kier molecular flexibility index (Phi) is 9.51. The van der Waals surface area contributed by atoms with E-state index in [-0.39, 0.29) is 17.9 Å². The highest BCUT2D eigenvalue weighted by Crippen LogP contribution is 2.35. The molecule has 9 heteroatoms. The Balaban J connectivity index is 1.07. The van der Waals surface area contributed by atoms with Gasteiger partial charge in [-0.05, 0) is 76.4 Å². The molecule has 0 radical (unpaired) electrons. The number of nitrogens with one attached hydrogen (secondary N) is 1. The summed E-state index contributed by atoms with van der Waals surface area (Å²) in [6.45, 7) is 0.572. The fraction of sp³-hybridized carbons (Fsp3) is 0.517. The third kappa shape index (κ3) is 7.04. The molecule has 202 valence electrons. The summed E-state index contributed by atoms with van der Waals surface area (Å²) in [4.78, 5) is 33.7. The van der Waals surface area contributed by atoms with Gasteiger partial charge in [0.25, 0.3) is 5.91 Å². The Morgan fingerprint density at radius 2 is 1.92 bits per heavy atom. The van der Waals surface area contributed by atoms with Crippen LogP contribution in [-0.4, -0.2) is 38.7 Å². The van der Waals surface area contributed by atoms with E-state index in [9.17, 15) is 9.59 Å². The number of thiazole rings is 1. The molecule has 1 saturated heterocycles. The van der Waals surface area contributed by atoms with Crippen LogP contribution in [0.4, 0.5) is 5.13 Å². The molecule has 0 spiro atoms. The second kappa shape index (κ2) is 13.2. The van der Waals surface area contributed by atoms with Gasteiger partial charge in [-0.25, -0.2) is 4.98 Å². The topological polar surface area (TPSA) is 71.5 Å². The number of rotatable bonds is 10. The van der Waals surface area contributed by atoms with Crippen LogP contribution in [0.1, 0.15) is 86.8 Å². The number of carbonyl (C=O) groups excluding carboxylic acids is 2. The van der Waals surface area contributed by atoms with E-state index in [4.69, 9.17) is 17.0 Å². The number of thiocarbonyl (C=S) groups is 1. The lowest BCUT2D eigenvalue weighted by Crippen LogP contribution is -2.29. The normalized spacial score (nSPS) is 19.2. The van der Waals surface area contributed by atoms with Crippen LogP contribution in [0.15, 0.2) is 29.2 Å². The van der Waals surface area contributed by atoms with Gasteiger partial charge in [0, 0.05) is 23.4 Å². The summed E-state index contributed by atoms with van der Waals surface area (Å²) >= 11 is 8.50. The predicted molar refractivity (Wildman–Crippen MR) is 160 cm³/mol. The lowest BCUT2D eigenvalue weighted by Gasteiger charge is -2.23. The van der Waals surface area contributed by atoms with E-state index < -0.39 is 0 Å². The minimum absolute atomic E-state index is 0.0127.